The van der Waals surface area contributed by atoms with E-state index in [-0.39, 0.29) is 5.92 Å². The number of aromatic nitrogens is 1. The first-order chi connectivity index (χ1) is 16.9. The molecular weight excluding hydrogens is 446 g/mol. The van der Waals surface area contributed by atoms with Gasteiger partial charge >= 0.3 is 12.1 Å². The number of hydrogen-bond donors (Lipinski definition) is 3. The highest BCUT2D eigenvalue weighted by Gasteiger charge is 2.18. The van der Waals surface area contributed by atoms with Crippen molar-refractivity contribution in [3.8, 4) is 0 Å². The molecule has 0 radical (unpaired) electrons. The Morgan fingerprint density at radius 1 is 1.00 bits per heavy atom. The van der Waals surface area contributed by atoms with Gasteiger partial charge in [0.15, 0.2) is 6.23 Å². The zero-order chi connectivity index (χ0) is 24.9. The number of benzene rings is 3. The first-order valence-corrected chi connectivity index (χ1v) is 11.3. The van der Waals surface area contributed by atoms with E-state index in [0.717, 1.165) is 5.39 Å². The number of amides is 1. The molecule has 3 aromatic carbocycles. The molecular formula is C27H27N3O5. The minimum atomic E-state index is -1.11. The normalized spacial score (nSPS) is 11.9. The number of fused-ring (bicyclic) bond motifs is 2. The molecule has 8 nitrogen and oxygen atoms in total. The standard InChI is InChI=1S/C27H27N3O5/c1-16(2)15-35-27(33)28-18-9-6-8-17(14-18)25(31)30-23-19-10-4-5-13-22(19)29-24-20(23)11-7-12-21(24)26(32)34-3/h4-14,16,25,31H,15H2,1-3H3,(H,28,33)(H,29,30). The van der Waals surface area contributed by atoms with E-state index in [4.69, 9.17) is 9.47 Å². The van der Waals surface area contributed by atoms with Crippen molar-refractivity contribution in [2.75, 3.05) is 24.4 Å². The van der Waals surface area contributed by atoms with Crippen LogP contribution in [0.25, 0.3) is 21.8 Å². The largest absolute Gasteiger partial charge is 0.465 e. The Balaban J connectivity index is 1.69. The molecule has 0 bridgehead atoms. The highest BCUT2D eigenvalue weighted by atomic mass is 16.5. The topological polar surface area (TPSA) is 110 Å². The number of anilines is 2. The number of aliphatic hydroxyl groups is 1. The van der Waals surface area contributed by atoms with Gasteiger partial charge in [0.1, 0.15) is 0 Å². The fourth-order valence-corrected chi connectivity index (χ4v) is 3.75. The molecule has 1 aromatic heterocycles. The Hall–Kier alpha value is -4.17. The molecule has 1 heterocycles. The van der Waals surface area contributed by atoms with Crippen LogP contribution < -0.4 is 10.6 Å². The molecule has 180 valence electrons. The molecule has 8 heteroatoms. The molecule has 0 aliphatic heterocycles. The SMILES string of the molecule is COC(=O)c1cccc2c(NC(O)c3cccc(NC(=O)OCC(C)C)c3)c3ccccc3nc12. The van der Waals surface area contributed by atoms with E-state index in [1.807, 2.05) is 44.2 Å². The number of aliphatic hydroxyl groups excluding tert-OH is 1. The average molecular weight is 474 g/mol. The molecule has 3 N–H and O–H groups in total. The number of hydrogen-bond acceptors (Lipinski definition) is 7. The smallest absolute Gasteiger partial charge is 0.411 e. The van der Waals surface area contributed by atoms with Crippen molar-refractivity contribution in [1.29, 1.82) is 0 Å². The summed E-state index contributed by atoms with van der Waals surface area (Å²) in [6.45, 7) is 4.22. The second-order valence-corrected chi connectivity index (χ2v) is 8.49. The van der Waals surface area contributed by atoms with Crippen molar-refractivity contribution in [2.45, 2.75) is 20.1 Å². The van der Waals surface area contributed by atoms with Crippen LogP contribution in [-0.2, 0) is 9.47 Å². The maximum Gasteiger partial charge on any atom is 0.411 e. The van der Waals surface area contributed by atoms with Gasteiger partial charge in [-0.25, -0.2) is 14.6 Å². The first kappa shape index (κ1) is 24.0. The van der Waals surface area contributed by atoms with E-state index >= 15 is 0 Å². The maximum atomic E-state index is 12.4. The third kappa shape index (κ3) is 5.33. The van der Waals surface area contributed by atoms with E-state index in [2.05, 4.69) is 15.6 Å². The Morgan fingerprint density at radius 2 is 1.74 bits per heavy atom. The van der Waals surface area contributed by atoms with Crippen molar-refractivity contribution in [3.63, 3.8) is 0 Å². The zero-order valence-corrected chi connectivity index (χ0v) is 19.7. The second-order valence-electron chi connectivity index (χ2n) is 8.49. The van der Waals surface area contributed by atoms with Crippen LogP contribution in [0.1, 0.15) is 36.0 Å². The number of nitrogens with one attached hydrogen (secondary N) is 2. The lowest BCUT2D eigenvalue weighted by Gasteiger charge is -2.19. The summed E-state index contributed by atoms with van der Waals surface area (Å²) < 4.78 is 10.1. The van der Waals surface area contributed by atoms with Gasteiger partial charge in [0.2, 0.25) is 0 Å². The van der Waals surface area contributed by atoms with Crippen molar-refractivity contribution >= 4 is 45.2 Å². The molecule has 0 aliphatic carbocycles. The van der Waals surface area contributed by atoms with Crippen molar-refractivity contribution in [1.82, 2.24) is 4.98 Å². The molecule has 4 aromatic rings. The van der Waals surface area contributed by atoms with Crippen molar-refractivity contribution in [2.24, 2.45) is 5.92 Å². The van der Waals surface area contributed by atoms with Crippen LogP contribution in [0.3, 0.4) is 0 Å². The summed E-state index contributed by atoms with van der Waals surface area (Å²) >= 11 is 0. The molecule has 4 rings (SSSR count). The van der Waals surface area contributed by atoms with Crippen LogP contribution >= 0.6 is 0 Å². The number of methoxy groups -OCH3 is 1. The predicted molar refractivity (Wildman–Crippen MR) is 135 cm³/mol. The van der Waals surface area contributed by atoms with Crippen LogP contribution in [0.2, 0.25) is 0 Å². The van der Waals surface area contributed by atoms with Gasteiger partial charge < -0.3 is 19.9 Å². The van der Waals surface area contributed by atoms with Gasteiger partial charge in [-0.1, -0.05) is 56.3 Å². The number of ether oxygens (including phenoxy) is 2. The molecule has 1 unspecified atom stereocenters. The van der Waals surface area contributed by atoms with Crippen molar-refractivity contribution in [3.05, 3.63) is 77.9 Å². The van der Waals surface area contributed by atoms with Gasteiger partial charge in [-0.05, 0) is 30.2 Å². The molecule has 0 spiro atoms. The van der Waals surface area contributed by atoms with E-state index in [1.54, 1.807) is 36.4 Å². The van der Waals surface area contributed by atoms with Crippen molar-refractivity contribution < 1.29 is 24.2 Å². The number of para-hydroxylation sites is 2. The van der Waals surface area contributed by atoms with Crippen LogP contribution in [0.15, 0.2) is 66.7 Å². The van der Waals surface area contributed by atoms with E-state index in [0.29, 0.717) is 45.5 Å². The third-order valence-electron chi connectivity index (χ3n) is 5.39. The Bertz CT molecular complexity index is 1390. The average Bonchev–Trinajstić information content (AvgIpc) is 2.86. The van der Waals surface area contributed by atoms with Gasteiger partial charge in [-0.15, -0.1) is 0 Å². The second kappa shape index (κ2) is 10.4. The van der Waals surface area contributed by atoms with Crippen LogP contribution in [0, 0.1) is 5.92 Å². The van der Waals surface area contributed by atoms with Crippen LogP contribution in [-0.4, -0.2) is 35.9 Å². The minimum Gasteiger partial charge on any atom is -0.465 e. The van der Waals surface area contributed by atoms with Gasteiger partial charge in [-0.3, -0.25) is 5.32 Å². The van der Waals surface area contributed by atoms with Gasteiger partial charge in [0, 0.05) is 22.0 Å². The minimum absolute atomic E-state index is 0.225. The number of rotatable bonds is 7. The summed E-state index contributed by atoms with van der Waals surface area (Å²) in [5.74, 6) is -0.268. The number of esters is 1. The highest BCUT2D eigenvalue weighted by molar-refractivity contribution is 6.13. The monoisotopic (exact) mass is 473 g/mol. The Morgan fingerprint density at radius 3 is 2.51 bits per heavy atom. The lowest BCUT2D eigenvalue weighted by molar-refractivity contribution is 0.0602. The summed E-state index contributed by atoms with van der Waals surface area (Å²) in [6.07, 6.45) is -1.67. The summed E-state index contributed by atoms with van der Waals surface area (Å²) in [4.78, 5) is 29.1. The molecule has 35 heavy (non-hydrogen) atoms. The van der Waals surface area contributed by atoms with E-state index < -0.39 is 18.3 Å². The quantitative estimate of drug-likeness (QED) is 0.185. The summed E-state index contributed by atoms with van der Waals surface area (Å²) in [5.41, 5.74) is 3.11. The summed E-state index contributed by atoms with van der Waals surface area (Å²) in [6, 6.07) is 19.6. The van der Waals surface area contributed by atoms with E-state index in [1.165, 1.54) is 7.11 Å². The molecule has 1 amide bonds. The lowest BCUT2D eigenvalue weighted by Crippen LogP contribution is -2.17. The summed E-state index contributed by atoms with van der Waals surface area (Å²) in [7, 11) is 1.32. The van der Waals surface area contributed by atoms with Gasteiger partial charge in [0.25, 0.3) is 0 Å². The Kier molecular flexibility index (Phi) is 7.12. The number of carbonyl (C=O) groups excluding carboxylic acids is 2. The molecule has 1 atom stereocenters. The summed E-state index contributed by atoms with van der Waals surface area (Å²) in [5, 5.41) is 18.4. The molecule has 0 saturated carbocycles. The fraction of sp³-hybridized carbons (Fsp3) is 0.222. The molecule has 0 saturated heterocycles. The van der Waals surface area contributed by atoms with Gasteiger partial charge in [-0.2, -0.15) is 0 Å². The van der Waals surface area contributed by atoms with Gasteiger partial charge in [0.05, 0.1) is 36.0 Å². The zero-order valence-electron chi connectivity index (χ0n) is 19.7. The maximum absolute atomic E-state index is 12.4. The number of pyridine rings is 1. The lowest BCUT2D eigenvalue weighted by atomic mass is 10.0. The number of carbonyl (C=O) groups is 2. The number of nitrogens with zero attached hydrogens (tertiary/aromatic N) is 1. The Labute approximate surface area is 202 Å². The highest BCUT2D eigenvalue weighted by Crippen LogP contribution is 2.34. The van der Waals surface area contributed by atoms with Crippen LogP contribution in [0.4, 0.5) is 16.2 Å². The predicted octanol–water partition coefficient (Wildman–Crippen LogP) is 5.48. The van der Waals surface area contributed by atoms with Crippen LogP contribution in [0.5, 0.6) is 0 Å². The first-order valence-electron chi connectivity index (χ1n) is 11.3. The molecule has 0 fully saturated rings. The fourth-order valence-electron chi connectivity index (χ4n) is 3.75. The van der Waals surface area contributed by atoms with E-state index in [9.17, 15) is 14.7 Å². The molecule has 0 aliphatic rings. The third-order valence-corrected chi connectivity index (χ3v) is 5.39.